The molecule has 0 aliphatic carbocycles. The zero-order valence-electron chi connectivity index (χ0n) is 21.1. The van der Waals surface area contributed by atoms with Crippen LogP contribution in [-0.2, 0) is 5.75 Å². The van der Waals surface area contributed by atoms with Crippen molar-refractivity contribution in [2.75, 3.05) is 5.32 Å². The van der Waals surface area contributed by atoms with Crippen LogP contribution in [-0.4, -0.2) is 25.7 Å². The van der Waals surface area contributed by atoms with E-state index in [1.807, 2.05) is 62.6 Å². The number of benzene rings is 3. The Hall–Kier alpha value is -4.18. The van der Waals surface area contributed by atoms with Crippen molar-refractivity contribution in [2.45, 2.75) is 44.6 Å². The van der Waals surface area contributed by atoms with E-state index < -0.39 is 11.0 Å². The summed E-state index contributed by atoms with van der Waals surface area (Å²) in [6, 6.07) is 19.3. The van der Waals surface area contributed by atoms with Crippen LogP contribution in [0.3, 0.4) is 0 Å². The van der Waals surface area contributed by atoms with Crippen LogP contribution in [0, 0.1) is 30.9 Å². The van der Waals surface area contributed by atoms with E-state index in [-0.39, 0.29) is 11.7 Å². The summed E-state index contributed by atoms with van der Waals surface area (Å²) in [6.07, 6.45) is 0. The standard InChI is InChI=1S/C27H28N6O3S/c1-17-6-5-7-21(14-17)16-37-27-31-30-25(32(27)23-10-12-24(13-11-23)33(35)36)20(4)28-26(34)29-22-9-8-18(2)19(3)15-22/h5-15,20H,16H2,1-4H3,(H2,28,29,34). The van der Waals surface area contributed by atoms with Crippen LogP contribution in [0.4, 0.5) is 16.2 Å². The molecule has 190 valence electrons. The average Bonchev–Trinajstić information content (AvgIpc) is 3.29. The van der Waals surface area contributed by atoms with E-state index in [9.17, 15) is 14.9 Å². The largest absolute Gasteiger partial charge is 0.328 e. The van der Waals surface area contributed by atoms with Crippen LogP contribution in [0.1, 0.15) is 41.0 Å². The van der Waals surface area contributed by atoms with Crippen molar-refractivity contribution in [3.8, 4) is 5.69 Å². The lowest BCUT2D eigenvalue weighted by Crippen LogP contribution is -2.32. The van der Waals surface area contributed by atoms with Crippen LogP contribution in [0.25, 0.3) is 5.69 Å². The molecule has 3 aromatic carbocycles. The second-order valence-electron chi connectivity index (χ2n) is 8.85. The van der Waals surface area contributed by atoms with Crippen molar-refractivity contribution in [2.24, 2.45) is 0 Å². The summed E-state index contributed by atoms with van der Waals surface area (Å²) >= 11 is 1.50. The van der Waals surface area contributed by atoms with E-state index in [1.54, 1.807) is 12.1 Å². The highest BCUT2D eigenvalue weighted by Gasteiger charge is 2.22. The third-order valence-electron chi connectivity index (χ3n) is 5.93. The van der Waals surface area contributed by atoms with E-state index >= 15 is 0 Å². The molecule has 0 aliphatic rings. The molecule has 2 amide bonds. The van der Waals surface area contributed by atoms with Gasteiger partial charge in [0, 0.05) is 29.3 Å². The summed E-state index contributed by atoms with van der Waals surface area (Å²) in [5.41, 5.74) is 5.89. The Labute approximate surface area is 219 Å². The first-order chi connectivity index (χ1) is 17.7. The Kier molecular flexibility index (Phi) is 7.88. The molecule has 0 radical (unpaired) electrons. The topological polar surface area (TPSA) is 115 Å². The van der Waals surface area contributed by atoms with E-state index in [0.717, 1.165) is 16.7 Å². The van der Waals surface area contributed by atoms with Gasteiger partial charge in [0.05, 0.1) is 11.0 Å². The molecule has 1 aromatic heterocycles. The monoisotopic (exact) mass is 516 g/mol. The van der Waals surface area contributed by atoms with Gasteiger partial charge in [-0.2, -0.15) is 0 Å². The molecule has 9 nitrogen and oxygen atoms in total. The Balaban J connectivity index is 1.59. The molecule has 0 saturated carbocycles. The van der Waals surface area contributed by atoms with Gasteiger partial charge in [0.15, 0.2) is 11.0 Å². The van der Waals surface area contributed by atoms with Gasteiger partial charge in [-0.15, -0.1) is 10.2 Å². The van der Waals surface area contributed by atoms with Crippen molar-refractivity contribution in [3.05, 3.63) is 105 Å². The van der Waals surface area contributed by atoms with E-state index in [0.29, 0.717) is 28.1 Å². The van der Waals surface area contributed by atoms with E-state index in [4.69, 9.17) is 0 Å². The quantitative estimate of drug-likeness (QED) is 0.162. The van der Waals surface area contributed by atoms with Gasteiger partial charge < -0.3 is 10.6 Å². The number of nitrogens with zero attached hydrogens (tertiary/aromatic N) is 4. The molecule has 1 atom stereocenters. The first-order valence-electron chi connectivity index (χ1n) is 11.7. The van der Waals surface area contributed by atoms with Crippen LogP contribution in [0.5, 0.6) is 0 Å². The van der Waals surface area contributed by atoms with Gasteiger partial charge in [-0.25, -0.2) is 4.79 Å². The number of aromatic nitrogens is 3. The molecule has 1 unspecified atom stereocenters. The van der Waals surface area contributed by atoms with Gasteiger partial charge in [-0.3, -0.25) is 14.7 Å². The highest BCUT2D eigenvalue weighted by molar-refractivity contribution is 7.98. The summed E-state index contributed by atoms with van der Waals surface area (Å²) in [6.45, 7) is 7.87. The van der Waals surface area contributed by atoms with Gasteiger partial charge in [-0.1, -0.05) is 47.7 Å². The maximum Gasteiger partial charge on any atom is 0.319 e. The highest BCUT2D eigenvalue weighted by atomic mass is 32.2. The number of anilines is 1. The zero-order valence-corrected chi connectivity index (χ0v) is 21.9. The molecule has 0 saturated heterocycles. The molecule has 0 spiro atoms. The summed E-state index contributed by atoms with van der Waals surface area (Å²) in [5.74, 6) is 1.18. The predicted molar refractivity (Wildman–Crippen MR) is 145 cm³/mol. The fourth-order valence-corrected chi connectivity index (χ4v) is 4.72. The van der Waals surface area contributed by atoms with Gasteiger partial charge in [0.25, 0.3) is 5.69 Å². The Morgan fingerprint density at radius 3 is 2.46 bits per heavy atom. The molecule has 10 heteroatoms. The summed E-state index contributed by atoms with van der Waals surface area (Å²) < 4.78 is 1.82. The number of nitro groups is 1. The molecule has 4 rings (SSSR count). The molecular formula is C27H28N6O3S. The molecule has 0 fully saturated rings. The number of hydrogen-bond acceptors (Lipinski definition) is 6. The fraction of sp³-hybridized carbons (Fsp3) is 0.222. The average molecular weight is 517 g/mol. The Bertz CT molecular complexity index is 1430. The third kappa shape index (κ3) is 6.34. The van der Waals surface area contributed by atoms with Crippen LogP contribution >= 0.6 is 11.8 Å². The maximum atomic E-state index is 12.7. The lowest BCUT2D eigenvalue weighted by Gasteiger charge is -2.17. The lowest BCUT2D eigenvalue weighted by molar-refractivity contribution is -0.384. The number of non-ortho nitro benzene ring substituents is 1. The van der Waals surface area contributed by atoms with Crippen molar-refractivity contribution in [1.29, 1.82) is 0 Å². The second-order valence-corrected chi connectivity index (χ2v) is 9.79. The summed E-state index contributed by atoms with van der Waals surface area (Å²) in [4.78, 5) is 23.5. The number of carbonyl (C=O) groups is 1. The number of aryl methyl sites for hydroxylation is 3. The van der Waals surface area contributed by atoms with Crippen molar-refractivity contribution >= 4 is 29.2 Å². The van der Waals surface area contributed by atoms with E-state index in [1.165, 1.54) is 29.5 Å². The molecular weight excluding hydrogens is 488 g/mol. The van der Waals surface area contributed by atoms with E-state index in [2.05, 4.69) is 33.0 Å². The minimum Gasteiger partial charge on any atom is -0.328 e. The van der Waals surface area contributed by atoms with Gasteiger partial charge in [0.2, 0.25) is 0 Å². The van der Waals surface area contributed by atoms with Crippen LogP contribution < -0.4 is 10.6 Å². The molecule has 0 bridgehead atoms. The van der Waals surface area contributed by atoms with Gasteiger partial charge in [0.1, 0.15) is 0 Å². The number of amides is 2. The van der Waals surface area contributed by atoms with Gasteiger partial charge >= 0.3 is 6.03 Å². The predicted octanol–water partition coefficient (Wildman–Crippen LogP) is 6.28. The van der Waals surface area contributed by atoms with Crippen molar-refractivity contribution < 1.29 is 9.72 Å². The Morgan fingerprint density at radius 1 is 1.03 bits per heavy atom. The minimum atomic E-state index is -0.498. The molecule has 4 aromatic rings. The zero-order chi connectivity index (χ0) is 26.5. The number of nitrogens with one attached hydrogen (secondary N) is 2. The first-order valence-corrected chi connectivity index (χ1v) is 12.7. The number of urea groups is 1. The second kappa shape index (κ2) is 11.3. The summed E-state index contributed by atoms with van der Waals surface area (Å²) in [5, 5.41) is 26.3. The molecule has 37 heavy (non-hydrogen) atoms. The third-order valence-corrected chi connectivity index (χ3v) is 6.93. The maximum absolute atomic E-state index is 12.7. The SMILES string of the molecule is Cc1cccc(CSc2nnc(C(C)NC(=O)Nc3ccc(C)c(C)c3)n2-c2ccc([N+](=O)[O-])cc2)c1. The highest BCUT2D eigenvalue weighted by Crippen LogP contribution is 2.29. The molecule has 2 N–H and O–H groups in total. The molecule has 1 heterocycles. The van der Waals surface area contributed by atoms with Crippen LogP contribution in [0.2, 0.25) is 0 Å². The lowest BCUT2D eigenvalue weighted by atomic mass is 10.1. The molecule has 0 aliphatic heterocycles. The fourth-order valence-electron chi connectivity index (χ4n) is 3.82. The van der Waals surface area contributed by atoms with Gasteiger partial charge in [-0.05, 0) is 68.7 Å². The number of nitro benzene ring substituents is 1. The smallest absolute Gasteiger partial charge is 0.319 e. The number of rotatable bonds is 8. The number of thioether (sulfide) groups is 1. The minimum absolute atomic E-state index is 0.00807. The van der Waals surface area contributed by atoms with Crippen molar-refractivity contribution in [1.82, 2.24) is 20.1 Å². The normalized spacial score (nSPS) is 11.7. The first kappa shape index (κ1) is 25.9. The van der Waals surface area contributed by atoms with Crippen LogP contribution in [0.15, 0.2) is 71.9 Å². The number of hydrogen-bond donors (Lipinski definition) is 2. The van der Waals surface area contributed by atoms with Crippen molar-refractivity contribution in [3.63, 3.8) is 0 Å². The number of carbonyl (C=O) groups excluding carboxylic acids is 1. The summed E-state index contributed by atoms with van der Waals surface area (Å²) in [7, 11) is 0. The Morgan fingerprint density at radius 2 is 1.78 bits per heavy atom.